The van der Waals surface area contributed by atoms with Crippen molar-refractivity contribution in [2.24, 2.45) is 5.92 Å². The van der Waals surface area contributed by atoms with Crippen LogP contribution in [0, 0.1) is 12.8 Å². The van der Waals surface area contributed by atoms with Gasteiger partial charge in [0.05, 0.1) is 6.10 Å². The quantitative estimate of drug-likeness (QED) is 0.778. The van der Waals surface area contributed by atoms with Crippen LogP contribution < -0.4 is 0 Å². The van der Waals surface area contributed by atoms with Crippen LogP contribution in [0.2, 0.25) is 0 Å². The van der Waals surface area contributed by atoms with Crippen LogP contribution in [0.1, 0.15) is 22.7 Å². The first-order valence-corrected chi connectivity index (χ1v) is 7.29. The van der Waals surface area contributed by atoms with E-state index >= 15 is 0 Å². The Hall–Kier alpha value is -2.12. The molecule has 3 heterocycles. The number of likely N-dealkylation sites (tertiary alicyclic amines) is 1. The monoisotopic (exact) mass is 305 g/mol. The molecule has 2 aromatic rings. The Kier molecular flexibility index (Phi) is 4.00. The van der Waals surface area contributed by atoms with Crippen molar-refractivity contribution in [2.75, 3.05) is 19.7 Å². The van der Waals surface area contributed by atoms with Crippen LogP contribution in [-0.4, -0.2) is 57.0 Å². The van der Waals surface area contributed by atoms with Gasteiger partial charge in [-0.3, -0.25) is 9.89 Å². The Labute approximate surface area is 127 Å². The Balaban J connectivity index is 1.72. The minimum absolute atomic E-state index is 0.0619. The maximum absolute atomic E-state index is 12.4. The molecule has 22 heavy (non-hydrogen) atoms. The summed E-state index contributed by atoms with van der Waals surface area (Å²) in [5.74, 6) is 1.01. The molecule has 3 N–H and O–H groups in total. The van der Waals surface area contributed by atoms with Crippen molar-refractivity contribution in [2.45, 2.75) is 19.4 Å². The second kappa shape index (κ2) is 5.94. The molecule has 0 aliphatic carbocycles. The first-order valence-electron chi connectivity index (χ1n) is 7.29. The molecule has 3 rings (SSSR count). The van der Waals surface area contributed by atoms with Crippen molar-refractivity contribution in [1.29, 1.82) is 0 Å². The van der Waals surface area contributed by atoms with Gasteiger partial charge in [-0.15, -0.1) is 0 Å². The van der Waals surface area contributed by atoms with E-state index in [-0.39, 0.29) is 25.0 Å². The van der Waals surface area contributed by atoms with Gasteiger partial charge in [-0.2, -0.15) is 5.10 Å². The number of H-pyrrole nitrogens is 1. The zero-order chi connectivity index (χ0) is 15.7. The summed E-state index contributed by atoms with van der Waals surface area (Å²) in [6.07, 6.45) is -0.119. The molecule has 0 radical (unpaired) electrons. The number of aromatic nitrogens is 2. The summed E-state index contributed by atoms with van der Waals surface area (Å²) in [6.45, 7) is 2.50. The highest BCUT2D eigenvalue weighted by molar-refractivity contribution is 5.93. The molecule has 0 spiro atoms. The van der Waals surface area contributed by atoms with Gasteiger partial charge in [0.2, 0.25) is 0 Å². The van der Waals surface area contributed by atoms with Crippen molar-refractivity contribution in [3.05, 3.63) is 29.7 Å². The lowest BCUT2D eigenvalue weighted by molar-refractivity contribution is 0.000657. The van der Waals surface area contributed by atoms with E-state index in [1.807, 2.05) is 19.1 Å². The summed E-state index contributed by atoms with van der Waals surface area (Å²) in [4.78, 5) is 14.0. The van der Waals surface area contributed by atoms with Gasteiger partial charge < -0.3 is 19.5 Å². The van der Waals surface area contributed by atoms with Gasteiger partial charge >= 0.3 is 0 Å². The van der Waals surface area contributed by atoms with Crippen molar-refractivity contribution >= 4 is 5.91 Å². The summed E-state index contributed by atoms with van der Waals surface area (Å²) in [7, 11) is 0. The molecule has 7 heteroatoms. The Morgan fingerprint density at radius 1 is 1.55 bits per heavy atom. The fourth-order valence-corrected chi connectivity index (χ4v) is 2.68. The predicted octanol–water partition coefficient (Wildman–Crippen LogP) is 0.793. The first-order chi connectivity index (χ1) is 10.6. The van der Waals surface area contributed by atoms with Gasteiger partial charge in [0.25, 0.3) is 5.91 Å². The molecule has 7 nitrogen and oxygen atoms in total. The lowest BCUT2D eigenvalue weighted by Crippen LogP contribution is -2.47. The Morgan fingerprint density at radius 2 is 2.36 bits per heavy atom. The minimum Gasteiger partial charge on any atom is -0.460 e. The van der Waals surface area contributed by atoms with E-state index in [0.29, 0.717) is 30.1 Å². The number of aliphatic hydroxyl groups is 2. The predicted molar refractivity (Wildman–Crippen MR) is 78.1 cm³/mol. The number of furan rings is 1. The molecule has 1 aliphatic heterocycles. The van der Waals surface area contributed by atoms with Crippen molar-refractivity contribution in [1.82, 2.24) is 15.1 Å². The largest absolute Gasteiger partial charge is 0.460 e. The number of nitrogens with one attached hydrogen (secondary N) is 1. The smallest absolute Gasteiger partial charge is 0.274 e. The number of hydrogen-bond donors (Lipinski definition) is 3. The lowest BCUT2D eigenvalue weighted by atomic mass is 9.94. The molecule has 0 saturated carbocycles. The number of carbonyl (C=O) groups excluding carboxylic acids is 1. The van der Waals surface area contributed by atoms with Gasteiger partial charge in [-0.25, -0.2) is 0 Å². The summed E-state index contributed by atoms with van der Waals surface area (Å²) < 4.78 is 5.49. The third-order valence-corrected chi connectivity index (χ3v) is 4.05. The summed E-state index contributed by atoms with van der Waals surface area (Å²) >= 11 is 0. The molecule has 1 saturated heterocycles. The fraction of sp³-hybridized carbons (Fsp3) is 0.467. The average molecular weight is 305 g/mol. The van der Waals surface area contributed by atoms with Crippen LogP contribution >= 0.6 is 0 Å². The number of carbonyl (C=O) groups is 1. The van der Waals surface area contributed by atoms with E-state index in [1.54, 1.807) is 11.0 Å². The third-order valence-electron chi connectivity index (χ3n) is 4.05. The molecule has 2 aromatic heterocycles. The van der Waals surface area contributed by atoms with Crippen molar-refractivity contribution in [3.8, 4) is 11.5 Å². The van der Waals surface area contributed by atoms with Crippen LogP contribution in [0.15, 0.2) is 22.6 Å². The summed E-state index contributed by atoms with van der Waals surface area (Å²) in [5, 5.41) is 25.9. The van der Waals surface area contributed by atoms with E-state index in [2.05, 4.69) is 10.2 Å². The van der Waals surface area contributed by atoms with E-state index in [9.17, 15) is 9.90 Å². The molecule has 1 amide bonds. The normalized spacial score (nSPS) is 22.0. The standard InChI is InChI=1S/C15H19N3O4/c1-9-2-3-14(22-9)11-6-12(17-16-11)15(21)18-5-4-10(8-19)13(20)7-18/h2-3,6,10,13,19-20H,4-5,7-8H2,1H3,(H,16,17)/t10-,13+/m1/s1. The molecule has 0 bridgehead atoms. The van der Waals surface area contributed by atoms with E-state index in [4.69, 9.17) is 9.52 Å². The van der Waals surface area contributed by atoms with Gasteiger partial charge in [-0.05, 0) is 25.5 Å². The maximum atomic E-state index is 12.4. The Bertz CT molecular complexity index is 663. The fourth-order valence-electron chi connectivity index (χ4n) is 2.68. The van der Waals surface area contributed by atoms with Crippen LogP contribution in [0.4, 0.5) is 0 Å². The molecule has 2 atom stereocenters. The molecule has 0 aromatic carbocycles. The van der Waals surface area contributed by atoms with Crippen LogP contribution in [0.25, 0.3) is 11.5 Å². The van der Waals surface area contributed by atoms with Crippen molar-refractivity contribution in [3.63, 3.8) is 0 Å². The molecular formula is C15H19N3O4. The van der Waals surface area contributed by atoms with Gasteiger partial charge in [0.1, 0.15) is 11.5 Å². The zero-order valence-corrected chi connectivity index (χ0v) is 12.3. The highest BCUT2D eigenvalue weighted by atomic mass is 16.3. The molecule has 1 fully saturated rings. The number of amides is 1. The van der Waals surface area contributed by atoms with Crippen LogP contribution in [-0.2, 0) is 0 Å². The van der Waals surface area contributed by atoms with E-state index in [1.165, 1.54) is 0 Å². The SMILES string of the molecule is Cc1ccc(-c2cc(C(=O)N3CC[C@H](CO)[C@@H](O)C3)n[nH]2)o1. The first kappa shape index (κ1) is 14.8. The second-order valence-electron chi connectivity index (χ2n) is 5.63. The second-order valence-corrected chi connectivity index (χ2v) is 5.63. The zero-order valence-electron chi connectivity index (χ0n) is 12.3. The number of piperidine rings is 1. The number of aryl methyl sites for hydroxylation is 1. The number of β-amino-alcohol motifs (C(OH)–C–C–N with tert-alkyl or cyclic N) is 1. The highest BCUT2D eigenvalue weighted by Gasteiger charge is 2.31. The van der Waals surface area contributed by atoms with Gasteiger partial charge in [-0.1, -0.05) is 0 Å². The number of hydrogen-bond acceptors (Lipinski definition) is 5. The topological polar surface area (TPSA) is 103 Å². The van der Waals surface area contributed by atoms with Gasteiger partial charge in [0.15, 0.2) is 11.5 Å². The molecule has 0 unspecified atom stereocenters. The molecule has 1 aliphatic rings. The number of aliphatic hydroxyl groups excluding tert-OH is 2. The van der Waals surface area contributed by atoms with Crippen LogP contribution in [0.3, 0.4) is 0 Å². The number of nitrogens with zero attached hydrogens (tertiary/aromatic N) is 2. The van der Waals surface area contributed by atoms with Gasteiger partial charge in [0, 0.05) is 31.7 Å². The van der Waals surface area contributed by atoms with Crippen molar-refractivity contribution < 1.29 is 19.4 Å². The average Bonchev–Trinajstić information content (AvgIpc) is 3.15. The lowest BCUT2D eigenvalue weighted by Gasteiger charge is -2.34. The Morgan fingerprint density at radius 3 is 3.00 bits per heavy atom. The molecular weight excluding hydrogens is 286 g/mol. The van der Waals surface area contributed by atoms with E-state index < -0.39 is 6.10 Å². The highest BCUT2D eigenvalue weighted by Crippen LogP contribution is 2.22. The summed E-state index contributed by atoms with van der Waals surface area (Å²) in [5.41, 5.74) is 0.931. The summed E-state index contributed by atoms with van der Waals surface area (Å²) in [6, 6.07) is 5.30. The van der Waals surface area contributed by atoms with Crippen LogP contribution in [0.5, 0.6) is 0 Å². The minimum atomic E-state index is -0.700. The number of rotatable bonds is 3. The molecule has 118 valence electrons. The number of aromatic amines is 1. The third kappa shape index (κ3) is 2.77. The van der Waals surface area contributed by atoms with E-state index in [0.717, 1.165) is 5.76 Å². The maximum Gasteiger partial charge on any atom is 0.274 e.